The maximum absolute atomic E-state index is 12.3. The van der Waals surface area contributed by atoms with Gasteiger partial charge in [-0.25, -0.2) is 0 Å². The van der Waals surface area contributed by atoms with Gasteiger partial charge in [-0.15, -0.1) is 11.3 Å². The fraction of sp³-hybridized carbons (Fsp3) is 0.588. The standard InChI is InChI=1S/C17H26N4O2S/c1-12-13(11-21-6-8-23-9-7-21)16-15(24-12)10-14(19-16)17(22)18-4-5-20(2)3/h10,19H,4-9,11H2,1-3H3,(H,18,22). The zero-order valence-electron chi connectivity index (χ0n) is 14.6. The minimum Gasteiger partial charge on any atom is -0.379 e. The van der Waals surface area contributed by atoms with Gasteiger partial charge in [-0.3, -0.25) is 9.69 Å². The Bertz CT molecular complexity index is 701. The number of likely N-dealkylation sites (N-methyl/N-ethyl adjacent to an activating group) is 1. The highest BCUT2D eigenvalue weighted by atomic mass is 32.1. The summed E-state index contributed by atoms with van der Waals surface area (Å²) in [7, 11) is 3.99. The topological polar surface area (TPSA) is 60.6 Å². The average Bonchev–Trinajstić information content (AvgIpc) is 3.07. The van der Waals surface area contributed by atoms with Crippen molar-refractivity contribution in [3.63, 3.8) is 0 Å². The molecule has 0 unspecified atom stereocenters. The molecule has 2 aromatic heterocycles. The average molecular weight is 350 g/mol. The lowest BCUT2D eigenvalue weighted by molar-refractivity contribution is 0.0343. The second-order valence-corrected chi connectivity index (χ2v) is 7.76. The van der Waals surface area contributed by atoms with Crippen LogP contribution in [0.1, 0.15) is 20.9 Å². The zero-order chi connectivity index (χ0) is 17.1. The van der Waals surface area contributed by atoms with E-state index >= 15 is 0 Å². The number of aromatic nitrogens is 1. The molecule has 0 saturated carbocycles. The van der Waals surface area contributed by atoms with Crippen molar-refractivity contribution in [2.45, 2.75) is 13.5 Å². The number of nitrogens with one attached hydrogen (secondary N) is 2. The molecule has 0 aliphatic carbocycles. The normalized spacial score (nSPS) is 16.2. The number of ether oxygens (including phenoxy) is 1. The Morgan fingerprint density at radius 3 is 2.88 bits per heavy atom. The first-order valence-electron chi connectivity index (χ1n) is 8.38. The van der Waals surface area contributed by atoms with Gasteiger partial charge in [0.1, 0.15) is 5.69 Å². The van der Waals surface area contributed by atoms with Crippen molar-refractivity contribution in [1.82, 2.24) is 20.1 Å². The molecule has 0 spiro atoms. The number of aryl methyl sites for hydroxylation is 1. The van der Waals surface area contributed by atoms with Gasteiger partial charge in [0.25, 0.3) is 5.91 Å². The summed E-state index contributed by atoms with van der Waals surface area (Å²) in [5, 5.41) is 2.96. The smallest absolute Gasteiger partial charge is 0.267 e. The molecule has 1 aliphatic rings. The maximum Gasteiger partial charge on any atom is 0.267 e. The lowest BCUT2D eigenvalue weighted by atomic mass is 10.2. The molecule has 3 heterocycles. The van der Waals surface area contributed by atoms with Crippen molar-refractivity contribution < 1.29 is 9.53 Å². The van der Waals surface area contributed by atoms with E-state index in [2.05, 4.69) is 27.0 Å². The van der Waals surface area contributed by atoms with E-state index in [9.17, 15) is 4.79 Å². The van der Waals surface area contributed by atoms with Crippen LogP contribution in [0.25, 0.3) is 10.2 Å². The largest absolute Gasteiger partial charge is 0.379 e. The molecule has 6 nitrogen and oxygen atoms in total. The van der Waals surface area contributed by atoms with Gasteiger partial charge < -0.3 is 19.9 Å². The van der Waals surface area contributed by atoms with Gasteiger partial charge in [0.15, 0.2) is 0 Å². The van der Waals surface area contributed by atoms with Gasteiger partial charge in [-0.1, -0.05) is 0 Å². The number of hydrogen-bond donors (Lipinski definition) is 2. The van der Waals surface area contributed by atoms with Crippen LogP contribution in [-0.4, -0.2) is 74.2 Å². The number of fused-ring (bicyclic) bond motifs is 1. The van der Waals surface area contributed by atoms with E-state index in [1.807, 2.05) is 20.2 Å². The van der Waals surface area contributed by atoms with Crippen molar-refractivity contribution in [3.8, 4) is 0 Å². The number of aromatic amines is 1. The number of carbonyl (C=O) groups excluding carboxylic acids is 1. The number of morpholine rings is 1. The summed E-state index contributed by atoms with van der Waals surface area (Å²) in [6, 6.07) is 1.97. The van der Waals surface area contributed by atoms with Crippen LogP contribution >= 0.6 is 11.3 Å². The van der Waals surface area contributed by atoms with Gasteiger partial charge in [-0.05, 0) is 27.1 Å². The number of thiophene rings is 1. The quantitative estimate of drug-likeness (QED) is 0.832. The van der Waals surface area contributed by atoms with Crippen molar-refractivity contribution in [1.29, 1.82) is 0 Å². The Hall–Kier alpha value is -1.41. The highest BCUT2D eigenvalue weighted by molar-refractivity contribution is 7.19. The lowest BCUT2D eigenvalue weighted by Crippen LogP contribution is -2.35. The Balaban J connectivity index is 1.72. The minimum atomic E-state index is -0.0322. The van der Waals surface area contributed by atoms with Crippen LogP contribution in [0.4, 0.5) is 0 Å². The number of carbonyl (C=O) groups is 1. The molecule has 1 amide bonds. The van der Waals surface area contributed by atoms with E-state index in [0.29, 0.717) is 12.2 Å². The van der Waals surface area contributed by atoms with Crippen LogP contribution in [0.2, 0.25) is 0 Å². The molecule has 1 aliphatic heterocycles. The molecular weight excluding hydrogens is 324 g/mol. The molecule has 2 aromatic rings. The van der Waals surface area contributed by atoms with Gasteiger partial charge in [0.05, 0.1) is 23.4 Å². The Morgan fingerprint density at radius 2 is 2.17 bits per heavy atom. The molecule has 3 rings (SSSR count). The SMILES string of the molecule is Cc1sc2cc(C(=O)NCCN(C)C)[nH]c2c1CN1CCOCC1. The van der Waals surface area contributed by atoms with Gasteiger partial charge in [0.2, 0.25) is 0 Å². The third kappa shape index (κ3) is 3.97. The number of rotatable bonds is 6. The van der Waals surface area contributed by atoms with E-state index in [4.69, 9.17) is 4.74 Å². The number of nitrogens with zero attached hydrogens (tertiary/aromatic N) is 2. The van der Waals surface area contributed by atoms with Crippen molar-refractivity contribution in [2.24, 2.45) is 0 Å². The Kier molecular flexibility index (Phi) is 5.55. The van der Waals surface area contributed by atoms with E-state index in [1.54, 1.807) is 11.3 Å². The van der Waals surface area contributed by atoms with Gasteiger partial charge in [-0.2, -0.15) is 0 Å². The third-order valence-corrected chi connectivity index (χ3v) is 5.44. The minimum absolute atomic E-state index is 0.0322. The van der Waals surface area contributed by atoms with E-state index < -0.39 is 0 Å². The van der Waals surface area contributed by atoms with Crippen LogP contribution in [-0.2, 0) is 11.3 Å². The molecule has 2 N–H and O–H groups in total. The second kappa shape index (κ2) is 7.65. The number of H-pyrrole nitrogens is 1. The van der Waals surface area contributed by atoms with E-state index in [0.717, 1.165) is 49.6 Å². The monoisotopic (exact) mass is 350 g/mol. The highest BCUT2D eigenvalue weighted by Gasteiger charge is 2.19. The lowest BCUT2D eigenvalue weighted by Gasteiger charge is -2.26. The Labute approximate surface area is 146 Å². The third-order valence-electron chi connectivity index (χ3n) is 4.35. The van der Waals surface area contributed by atoms with Crippen LogP contribution < -0.4 is 5.32 Å². The molecule has 1 fully saturated rings. The maximum atomic E-state index is 12.3. The fourth-order valence-corrected chi connectivity index (χ4v) is 4.00. The van der Waals surface area contributed by atoms with Crippen LogP contribution in [0.5, 0.6) is 0 Å². The predicted octanol–water partition coefficient (Wildman–Crippen LogP) is 1.66. The molecule has 0 atom stereocenters. The predicted molar refractivity (Wildman–Crippen MR) is 97.9 cm³/mol. The first-order valence-corrected chi connectivity index (χ1v) is 9.20. The summed E-state index contributed by atoms with van der Waals surface area (Å²) < 4.78 is 6.58. The van der Waals surface area contributed by atoms with Crippen molar-refractivity contribution >= 4 is 27.5 Å². The molecular formula is C17H26N4O2S. The van der Waals surface area contributed by atoms with Gasteiger partial charge in [0, 0.05) is 43.2 Å². The van der Waals surface area contributed by atoms with E-state index in [-0.39, 0.29) is 5.91 Å². The molecule has 7 heteroatoms. The molecule has 24 heavy (non-hydrogen) atoms. The molecule has 0 bridgehead atoms. The fourth-order valence-electron chi connectivity index (χ4n) is 2.93. The van der Waals surface area contributed by atoms with Gasteiger partial charge >= 0.3 is 0 Å². The molecule has 132 valence electrons. The molecule has 1 saturated heterocycles. The summed E-state index contributed by atoms with van der Waals surface area (Å²) in [5.74, 6) is -0.0322. The van der Waals surface area contributed by atoms with Crippen LogP contribution in [0, 0.1) is 6.92 Å². The van der Waals surface area contributed by atoms with E-state index in [1.165, 1.54) is 10.4 Å². The second-order valence-electron chi connectivity index (χ2n) is 6.51. The van der Waals surface area contributed by atoms with Crippen molar-refractivity contribution in [3.05, 3.63) is 22.2 Å². The highest BCUT2D eigenvalue weighted by Crippen LogP contribution is 2.32. The molecule has 0 radical (unpaired) electrons. The van der Waals surface area contributed by atoms with Crippen LogP contribution in [0.15, 0.2) is 6.07 Å². The number of hydrogen-bond acceptors (Lipinski definition) is 5. The number of amides is 1. The summed E-state index contributed by atoms with van der Waals surface area (Å²) in [6.07, 6.45) is 0. The summed E-state index contributed by atoms with van der Waals surface area (Å²) in [4.78, 5) is 21.4. The first kappa shape index (κ1) is 17.4. The Morgan fingerprint density at radius 1 is 1.42 bits per heavy atom. The summed E-state index contributed by atoms with van der Waals surface area (Å²) in [5.41, 5.74) is 3.07. The zero-order valence-corrected chi connectivity index (χ0v) is 15.5. The summed E-state index contributed by atoms with van der Waals surface area (Å²) >= 11 is 1.76. The summed E-state index contributed by atoms with van der Waals surface area (Å²) in [6.45, 7) is 8.10. The molecule has 0 aromatic carbocycles. The van der Waals surface area contributed by atoms with Crippen molar-refractivity contribution in [2.75, 3.05) is 53.5 Å². The van der Waals surface area contributed by atoms with Crippen LogP contribution in [0.3, 0.4) is 0 Å². The first-order chi connectivity index (χ1) is 11.5.